The molecule has 2 N–H and O–H groups in total. The molecule has 2 rings (SSSR count). The number of rotatable bonds is 2. The summed E-state index contributed by atoms with van der Waals surface area (Å²) in [5.74, 6) is -0.383. The van der Waals surface area contributed by atoms with Gasteiger partial charge in [-0.2, -0.15) is 5.26 Å². The lowest BCUT2D eigenvalue weighted by Gasteiger charge is -2.18. The molecule has 1 heterocycles. The van der Waals surface area contributed by atoms with Crippen LogP contribution in [0, 0.1) is 17.1 Å². The van der Waals surface area contributed by atoms with Crippen LogP contribution in [0.5, 0.6) is 0 Å². The maximum atomic E-state index is 14.0. The first kappa shape index (κ1) is 13.3. The molecule has 18 heavy (non-hydrogen) atoms. The highest BCUT2D eigenvalue weighted by Crippen LogP contribution is 2.27. The third-order valence-corrected chi connectivity index (χ3v) is 3.91. The van der Waals surface area contributed by atoms with Gasteiger partial charge in [0.25, 0.3) is 0 Å². The maximum absolute atomic E-state index is 14.0. The zero-order chi connectivity index (χ0) is 13.0. The molecule has 0 spiro atoms. The highest BCUT2D eigenvalue weighted by molar-refractivity contribution is 9.10. The number of nitrogens with one attached hydrogen (secondary N) is 2. The molecule has 1 aliphatic heterocycles. The van der Waals surface area contributed by atoms with Gasteiger partial charge in [0.2, 0.25) is 0 Å². The van der Waals surface area contributed by atoms with E-state index in [4.69, 9.17) is 5.26 Å². The van der Waals surface area contributed by atoms with E-state index in [2.05, 4.69) is 26.6 Å². The van der Waals surface area contributed by atoms with Gasteiger partial charge in [-0.3, -0.25) is 0 Å². The lowest BCUT2D eigenvalue weighted by atomic mass is 10.1. The van der Waals surface area contributed by atoms with E-state index >= 15 is 0 Å². The molecule has 1 unspecified atom stereocenters. The van der Waals surface area contributed by atoms with E-state index in [1.54, 1.807) is 12.1 Å². The summed E-state index contributed by atoms with van der Waals surface area (Å²) in [6, 6.07) is 5.50. The number of nitriles is 1. The number of halogens is 2. The summed E-state index contributed by atoms with van der Waals surface area (Å²) >= 11 is 3.12. The number of nitrogens with zero attached hydrogens (tertiary/aromatic N) is 1. The molecule has 1 aliphatic rings. The van der Waals surface area contributed by atoms with Crippen molar-refractivity contribution in [1.29, 1.82) is 5.26 Å². The first-order valence-electron chi connectivity index (χ1n) is 6.07. The van der Waals surface area contributed by atoms with Crippen LogP contribution >= 0.6 is 15.9 Å². The van der Waals surface area contributed by atoms with Crippen molar-refractivity contribution >= 4 is 21.6 Å². The lowest BCUT2D eigenvalue weighted by Crippen LogP contribution is -2.22. The Morgan fingerprint density at radius 1 is 1.39 bits per heavy atom. The van der Waals surface area contributed by atoms with Gasteiger partial charge in [0.15, 0.2) is 5.82 Å². The molecule has 0 aromatic heterocycles. The molecule has 1 aromatic rings. The first-order chi connectivity index (χ1) is 8.72. The minimum atomic E-state index is -0.383. The number of hydrogen-bond acceptors (Lipinski definition) is 3. The molecule has 0 radical (unpaired) electrons. The van der Waals surface area contributed by atoms with Gasteiger partial charge in [-0.15, -0.1) is 0 Å². The van der Waals surface area contributed by atoms with Gasteiger partial charge in [-0.25, -0.2) is 4.39 Å². The topological polar surface area (TPSA) is 47.9 Å². The predicted molar refractivity (Wildman–Crippen MR) is 72.9 cm³/mol. The SMILES string of the molecule is N#Cc1ccc(NC2CCCNCC2)c(F)c1Br. The summed E-state index contributed by atoms with van der Waals surface area (Å²) in [6.07, 6.45) is 3.11. The molecule has 0 saturated carbocycles. The second kappa shape index (κ2) is 6.17. The Bertz CT molecular complexity index is 462. The first-order valence-corrected chi connectivity index (χ1v) is 6.87. The van der Waals surface area contributed by atoms with Crippen LogP contribution in [0.4, 0.5) is 10.1 Å². The van der Waals surface area contributed by atoms with Crippen LogP contribution in [0.25, 0.3) is 0 Å². The highest BCUT2D eigenvalue weighted by atomic mass is 79.9. The van der Waals surface area contributed by atoms with Crippen LogP contribution in [0.3, 0.4) is 0 Å². The second-order valence-corrected chi connectivity index (χ2v) is 5.22. The Hall–Kier alpha value is -1.12. The largest absolute Gasteiger partial charge is 0.380 e. The minimum Gasteiger partial charge on any atom is -0.380 e. The van der Waals surface area contributed by atoms with Crippen molar-refractivity contribution in [3.63, 3.8) is 0 Å². The van der Waals surface area contributed by atoms with E-state index in [0.29, 0.717) is 11.3 Å². The third kappa shape index (κ3) is 3.01. The van der Waals surface area contributed by atoms with Crippen LogP contribution in [0.1, 0.15) is 24.8 Å². The van der Waals surface area contributed by atoms with Crippen LogP contribution < -0.4 is 10.6 Å². The molecular formula is C13H15BrFN3. The Morgan fingerprint density at radius 2 is 2.22 bits per heavy atom. The summed E-state index contributed by atoms with van der Waals surface area (Å²) in [5, 5.41) is 15.4. The average molecular weight is 312 g/mol. The summed E-state index contributed by atoms with van der Waals surface area (Å²) in [6.45, 7) is 1.98. The van der Waals surface area contributed by atoms with Crippen molar-refractivity contribution in [3.05, 3.63) is 28.0 Å². The number of hydrogen-bond donors (Lipinski definition) is 2. The quantitative estimate of drug-likeness (QED) is 0.882. The van der Waals surface area contributed by atoms with Crippen LogP contribution in [-0.4, -0.2) is 19.1 Å². The van der Waals surface area contributed by atoms with Crippen molar-refractivity contribution in [2.24, 2.45) is 0 Å². The fourth-order valence-corrected chi connectivity index (χ4v) is 2.57. The Balaban J connectivity index is 2.14. The van der Waals surface area contributed by atoms with E-state index in [1.165, 1.54) is 0 Å². The maximum Gasteiger partial charge on any atom is 0.161 e. The summed E-state index contributed by atoms with van der Waals surface area (Å²) in [7, 11) is 0. The van der Waals surface area contributed by atoms with E-state index in [0.717, 1.165) is 32.4 Å². The Morgan fingerprint density at radius 3 is 3.00 bits per heavy atom. The Labute approximate surface area is 115 Å². The number of benzene rings is 1. The smallest absolute Gasteiger partial charge is 0.161 e. The van der Waals surface area contributed by atoms with Gasteiger partial charge in [0.1, 0.15) is 6.07 Å². The molecule has 0 bridgehead atoms. The van der Waals surface area contributed by atoms with Crippen molar-refractivity contribution in [2.45, 2.75) is 25.3 Å². The molecule has 1 fully saturated rings. The van der Waals surface area contributed by atoms with Crippen LogP contribution in [-0.2, 0) is 0 Å². The van der Waals surface area contributed by atoms with Crippen molar-refractivity contribution in [1.82, 2.24) is 5.32 Å². The van der Waals surface area contributed by atoms with Gasteiger partial charge in [0.05, 0.1) is 15.7 Å². The molecule has 0 aliphatic carbocycles. The zero-order valence-electron chi connectivity index (χ0n) is 9.97. The third-order valence-electron chi connectivity index (χ3n) is 3.14. The lowest BCUT2D eigenvalue weighted by molar-refractivity contribution is 0.601. The molecule has 1 saturated heterocycles. The predicted octanol–water partition coefficient (Wildman–Crippen LogP) is 3.01. The molecular weight excluding hydrogens is 297 g/mol. The fourth-order valence-electron chi connectivity index (χ4n) is 2.13. The van der Waals surface area contributed by atoms with Crippen LogP contribution in [0.15, 0.2) is 16.6 Å². The van der Waals surface area contributed by atoms with Gasteiger partial charge in [-0.1, -0.05) is 0 Å². The molecule has 96 valence electrons. The molecule has 0 amide bonds. The van der Waals surface area contributed by atoms with Crippen molar-refractivity contribution in [3.8, 4) is 6.07 Å². The fraction of sp³-hybridized carbons (Fsp3) is 0.462. The van der Waals surface area contributed by atoms with E-state index in [-0.39, 0.29) is 16.3 Å². The van der Waals surface area contributed by atoms with E-state index in [1.807, 2.05) is 6.07 Å². The monoisotopic (exact) mass is 311 g/mol. The van der Waals surface area contributed by atoms with E-state index in [9.17, 15) is 4.39 Å². The molecule has 1 atom stereocenters. The second-order valence-electron chi connectivity index (χ2n) is 4.42. The number of anilines is 1. The molecule has 1 aromatic carbocycles. The zero-order valence-corrected chi connectivity index (χ0v) is 11.6. The van der Waals surface area contributed by atoms with Crippen molar-refractivity contribution < 1.29 is 4.39 Å². The van der Waals surface area contributed by atoms with Gasteiger partial charge < -0.3 is 10.6 Å². The van der Waals surface area contributed by atoms with Gasteiger partial charge in [-0.05, 0) is 60.4 Å². The van der Waals surface area contributed by atoms with Crippen LogP contribution in [0.2, 0.25) is 0 Å². The van der Waals surface area contributed by atoms with E-state index < -0.39 is 0 Å². The minimum absolute atomic E-state index is 0.238. The van der Waals surface area contributed by atoms with Crippen molar-refractivity contribution in [2.75, 3.05) is 18.4 Å². The summed E-state index contributed by atoms with van der Waals surface area (Å²) < 4.78 is 14.3. The highest BCUT2D eigenvalue weighted by Gasteiger charge is 2.16. The normalized spacial score (nSPS) is 19.9. The summed E-state index contributed by atoms with van der Waals surface area (Å²) in [5.41, 5.74) is 0.786. The molecule has 3 nitrogen and oxygen atoms in total. The summed E-state index contributed by atoms with van der Waals surface area (Å²) in [4.78, 5) is 0. The standard InChI is InChI=1S/C13H15BrFN3/c14-12-9(8-16)3-4-11(13(12)15)18-10-2-1-6-17-7-5-10/h3-4,10,17-18H,1-2,5-7H2. The van der Waals surface area contributed by atoms with Gasteiger partial charge in [0, 0.05) is 6.04 Å². The molecule has 5 heteroatoms. The average Bonchev–Trinajstić information content (AvgIpc) is 2.64. The Kier molecular flexibility index (Phi) is 4.56. The van der Waals surface area contributed by atoms with Gasteiger partial charge >= 0.3 is 0 Å².